The van der Waals surface area contributed by atoms with Crippen molar-refractivity contribution >= 4 is 10.9 Å². The van der Waals surface area contributed by atoms with Crippen LogP contribution in [-0.4, -0.2) is 17.7 Å². The molecule has 1 heterocycles. The van der Waals surface area contributed by atoms with Crippen LogP contribution < -0.4 is 5.73 Å². The Labute approximate surface area is 153 Å². The second-order valence-electron chi connectivity index (χ2n) is 6.25. The first-order valence-electron chi connectivity index (χ1n) is 8.90. The Morgan fingerprint density at radius 1 is 0.808 bits per heavy atom. The van der Waals surface area contributed by atoms with Gasteiger partial charge in [-0.1, -0.05) is 78.9 Å². The maximum atomic E-state index is 6.23. The Bertz CT molecular complexity index is 977. The maximum Gasteiger partial charge on any atom is 0.160 e. The molecule has 26 heavy (non-hydrogen) atoms. The number of ether oxygens (including phenoxy) is 1. The van der Waals surface area contributed by atoms with Gasteiger partial charge in [0.05, 0.1) is 17.8 Å². The first kappa shape index (κ1) is 16.6. The lowest BCUT2D eigenvalue weighted by Crippen LogP contribution is -2.19. The van der Waals surface area contributed by atoms with Crippen molar-refractivity contribution in [3.05, 3.63) is 96.6 Å². The first-order valence-corrected chi connectivity index (χ1v) is 8.90. The van der Waals surface area contributed by atoms with Crippen molar-refractivity contribution in [3.8, 4) is 11.3 Å². The SMILES string of the molecule is NCCOC(c1ccccc1)n1c(-c2ccccc2)cc2ccccc21. The lowest BCUT2D eigenvalue weighted by molar-refractivity contribution is 0.0414. The lowest BCUT2D eigenvalue weighted by atomic mass is 10.1. The average molecular weight is 342 g/mol. The molecule has 130 valence electrons. The smallest absolute Gasteiger partial charge is 0.160 e. The largest absolute Gasteiger partial charge is 0.352 e. The fourth-order valence-corrected chi connectivity index (χ4v) is 3.38. The first-order chi connectivity index (χ1) is 12.9. The van der Waals surface area contributed by atoms with Crippen LogP contribution in [0.1, 0.15) is 11.8 Å². The molecule has 4 rings (SSSR count). The van der Waals surface area contributed by atoms with Crippen LogP contribution in [0.2, 0.25) is 0 Å². The van der Waals surface area contributed by atoms with Gasteiger partial charge in [0.25, 0.3) is 0 Å². The number of hydrogen-bond acceptors (Lipinski definition) is 2. The van der Waals surface area contributed by atoms with Gasteiger partial charge in [0.2, 0.25) is 0 Å². The zero-order valence-corrected chi connectivity index (χ0v) is 14.6. The van der Waals surface area contributed by atoms with Gasteiger partial charge in [-0.3, -0.25) is 0 Å². The molecule has 0 saturated heterocycles. The zero-order valence-electron chi connectivity index (χ0n) is 14.6. The fraction of sp³-hybridized carbons (Fsp3) is 0.130. The predicted octanol–water partition coefficient (Wildman–Crippen LogP) is 4.83. The number of nitrogens with two attached hydrogens (primary N) is 1. The molecule has 0 spiro atoms. The molecular formula is C23H22N2O. The average Bonchev–Trinajstić information content (AvgIpc) is 3.09. The monoisotopic (exact) mass is 342 g/mol. The molecule has 1 aromatic heterocycles. The highest BCUT2D eigenvalue weighted by molar-refractivity contribution is 5.87. The molecule has 2 N–H and O–H groups in total. The van der Waals surface area contributed by atoms with Crippen molar-refractivity contribution in [2.24, 2.45) is 5.73 Å². The molecule has 4 aromatic rings. The van der Waals surface area contributed by atoms with Crippen molar-refractivity contribution in [3.63, 3.8) is 0 Å². The number of nitrogens with zero attached hydrogens (tertiary/aromatic N) is 1. The Morgan fingerprint density at radius 3 is 2.19 bits per heavy atom. The highest BCUT2D eigenvalue weighted by atomic mass is 16.5. The van der Waals surface area contributed by atoms with Gasteiger partial charge in [0, 0.05) is 17.5 Å². The molecule has 0 amide bonds. The summed E-state index contributed by atoms with van der Waals surface area (Å²) in [7, 11) is 0. The van der Waals surface area contributed by atoms with Gasteiger partial charge in [-0.25, -0.2) is 0 Å². The zero-order chi connectivity index (χ0) is 17.8. The standard InChI is InChI=1S/C23H22N2O/c24-15-16-26-23(19-11-5-2-6-12-19)25-21-14-8-7-13-20(21)17-22(25)18-9-3-1-4-10-18/h1-14,17,23H,15-16,24H2. The van der Waals surface area contributed by atoms with E-state index in [-0.39, 0.29) is 6.23 Å². The molecular weight excluding hydrogens is 320 g/mol. The van der Waals surface area contributed by atoms with Gasteiger partial charge >= 0.3 is 0 Å². The normalized spacial score (nSPS) is 12.3. The van der Waals surface area contributed by atoms with Crippen molar-refractivity contribution < 1.29 is 4.74 Å². The van der Waals surface area contributed by atoms with E-state index >= 15 is 0 Å². The van der Waals surface area contributed by atoms with Crippen LogP contribution in [0.15, 0.2) is 91.0 Å². The van der Waals surface area contributed by atoms with Crippen LogP contribution >= 0.6 is 0 Å². The van der Waals surface area contributed by atoms with Crippen LogP contribution in [0.5, 0.6) is 0 Å². The number of para-hydroxylation sites is 1. The summed E-state index contributed by atoms with van der Waals surface area (Å²) in [5.41, 5.74) is 10.3. The molecule has 0 fully saturated rings. The van der Waals surface area contributed by atoms with Crippen LogP contribution in [0.3, 0.4) is 0 Å². The molecule has 3 aromatic carbocycles. The number of fused-ring (bicyclic) bond motifs is 1. The van der Waals surface area contributed by atoms with E-state index in [0.717, 1.165) is 16.8 Å². The highest BCUT2D eigenvalue weighted by Gasteiger charge is 2.20. The Morgan fingerprint density at radius 2 is 1.46 bits per heavy atom. The van der Waals surface area contributed by atoms with Gasteiger partial charge in [0.1, 0.15) is 0 Å². The van der Waals surface area contributed by atoms with Gasteiger partial charge in [-0.2, -0.15) is 0 Å². The van der Waals surface area contributed by atoms with Crippen LogP contribution in [-0.2, 0) is 4.74 Å². The second kappa shape index (κ2) is 7.56. The summed E-state index contributed by atoms with van der Waals surface area (Å²) in [6, 6.07) is 31.4. The lowest BCUT2D eigenvalue weighted by Gasteiger charge is -2.24. The minimum Gasteiger partial charge on any atom is -0.352 e. The summed E-state index contributed by atoms with van der Waals surface area (Å²) in [6.45, 7) is 0.990. The Hall–Kier alpha value is -2.88. The fourth-order valence-electron chi connectivity index (χ4n) is 3.38. The minimum absolute atomic E-state index is 0.227. The minimum atomic E-state index is -0.227. The van der Waals surface area contributed by atoms with Gasteiger partial charge in [0.15, 0.2) is 6.23 Å². The predicted molar refractivity (Wildman–Crippen MR) is 107 cm³/mol. The van der Waals surface area contributed by atoms with E-state index in [0.29, 0.717) is 13.2 Å². The topological polar surface area (TPSA) is 40.2 Å². The Kier molecular flexibility index (Phi) is 4.82. The molecule has 3 heteroatoms. The van der Waals surface area contributed by atoms with Gasteiger partial charge in [-0.15, -0.1) is 0 Å². The molecule has 1 atom stereocenters. The van der Waals surface area contributed by atoms with Crippen LogP contribution in [0.4, 0.5) is 0 Å². The van der Waals surface area contributed by atoms with E-state index in [1.807, 2.05) is 24.3 Å². The van der Waals surface area contributed by atoms with E-state index < -0.39 is 0 Å². The van der Waals surface area contributed by atoms with Crippen molar-refractivity contribution in [1.29, 1.82) is 0 Å². The van der Waals surface area contributed by atoms with Crippen molar-refractivity contribution in [2.45, 2.75) is 6.23 Å². The third kappa shape index (κ3) is 3.15. The molecule has 0 aliphatic rings. The molecule has 1 unspecified atom stereocenters. The van der Waals surface area contributed by atoms with E-state index in [1.165, 1.54) is 10.9 Å². The van der Waals surface area contributed by atoms with Crippen molar-refractivity contribution in [2.75, 3.05) is 13.2 Å². The summed E-state index contributed by atoms with van der Waals surface area (Å²) in [5, 5.41) is 1.20. The summed E-state index contributed by atoms with van der Waals surface area (Å²) in [4.78, 5) is 0. The molecule has 0 saturated carbocycles. The molecule has 3 nitrogen and oxygen atoms in total. The quantitative estimate of drug-likeness (QED) is 0.545. The molecule has 0 aliphatic heterocycles. The number of hydrogen-bond donors (Lipinski definition) is 1. The van der Waals surface area contributed by atoms with Crippen LogP contribution in [0.25, 0.3) is 22.2 Å². The maximum absolute atomic E-state index is 6.23. The number of benzene rings is 3. The van der Waals surface area contributed by atoms with E-state index in [1.54, 1.807) is 0 Å². The molecule has 0 radical (unpaired) electrons. The van der Waals surface area contributed by atoms with E-state index in [4.69, 9.17) is 10.5 Å². The van der Waals surface area contributed by atoms with Gasteiger partial charge < -0.3 is 15.0 Å². The third-order valence-corrected chi connectivity index (χ3v) is 4.53. The van der Waals surface area contributed by atoms with E-state index in [2.05, 4.69) is 71.3 Å². The number of rotatable bonds is 6. The highest BCUT2D eigenvalue weighted by Crippen LogP contribution is 2.34. The second-order valence-corrected chi connectivity index (χ2v) is 6.25. The molecule has 0 aliphatic carbocycles. The third-order valence-electron chi connectivity index (χ3n) is 4.53. The summed E-state index contributed by atoms with van der Waals surface area (Å²) < 4.78 is 8.50. The van der Waals surface area contributed by atoms with Crippen LogP contribution in [0, 0.1) is 0 Å². The summed E-state index contributed by atoms with van der Waals surface area (Å²) >= 11 is 0. The number of aromatic nitrogens is 1. The van der Waals surface area contributed by atoms with Crippen molar-refractivity contribution in [1.82, 2.24) is 4.57 Å². The Balaban J connectivity index is 1.95. The van der Waals surface area contributed by atoms with Gasteiger partial charge in [-0.05, 0) is 17.7 Å². The molecule has 0 bridgehead atoms. The summed E-state index contributed by atoms with van der Waals surface area (Å²) in [6.07, 6.45) is -0.227. The van der Waals surface area contributed by atoms with E-state index in [9.17, 15) is 0 Å². The summed E-state index contributed by atoms with van der Waals surface area (Å²) in [5.74, 6) is 0.